The van der Waals surface area contributed by atoms with Gasteiger partial charge in [-0.15, -0.1) is 0 Å². The van der Waals surface area contributed by atoms with E-state index >= 15 is 0 Å². The quantitative estimate of drug-likeness (QED) is 0.845. The summed E-state index contributed by atoms with van der Waals surface area (Å²) in [5.41, 5.74) is 3.43. The van der Waals surface area contributed by atoms with Crippen LogP contribution in [0.15, 0.2) is 54.6 Å². The monoisotopic (exact) mass is 320 g/mol. The highest BCUT2D eigenvalue weighted by atomic mass is 16.5. The van der Waals surface area contributed by atoms with Crippen LogP contribution in [-0.4, -0.2) is 23.9 Å². The van der Waals surface area contributed by atoms with E-state index in [-0.39, 0.29) is 12.2 Å². The molecule has 1 aliphatic rings. The summed E-state index contributed by atoms with van der Waals surface area (Å²) < 4.78 is 5.61. The van der Waals surface area contributed by atoms with Gasteiger partial charge in [-0.1, -0.05) is 54.3 Å². The maximum absolute atomic E-state index is 10.1. The Kier molecular flexibility index (Phi) is 6.07. The van der Waals surface area contributed by atoms with Gasteiger partial charge in [0.15, 0.2) is 0 Å². The summed E-state index contributed by atoms with van der Waals surface area (Å²) in [6, 6.07) is 18.6. The molecule has 0 amide bonds. The van der Waals surface area contributed by atoms with Gasteiger partial charge in [0, 0.05) is 18.6 Å². The number of aliphatic hydroxyl groups excluding tert-OH is 1. The molecule has 1 heterocycles. The minimum absolute atomic E-state index is 0.00528. The van der Waals surface area contributed by atoms with E-state index in [2.05, 4.69) is 48.2 Å². The molecule has 0 saturated carbocycles. The van der Waals surface area contributed by atoms with Crippen molar-refractivity contribution < 1.29 is 9.84 Å². The van der Waals surface area contributed by atoms with Crippen LogP contribution in [0.25, 0.3) is 11.1 Å². The molecule has 1 saturated heterocycles. The van der Waals surface area contributed by atoms with Gasteiger partial charge in [0.1, 0.15) is 0 Å². The van der Waals surface area contributed by atoms with E-state index in [1.54, 1.807) is 0 Å². The lowest BCUT2D eigenvalue weighted by Crippen LogP contribution is -2.31. The standard InChI is InChI=1S/C22H24O2/c23-21(22-12-6-7-17-24-22)11-5-4-8-18-13-15-20(16-14-18)19-9-2-1-3-10-19/h1-3,9-10,13-16,21-23H,5-7,11-12,17H2. The zero-order chi connectivity index (χ0) is 16.6. The van der Waals surface area contributed by atoms with Crippen LogP contribution in [0.2, 0.25) is 0 Å². The van der Waals surface area contributed by atoms with Crippen LogP contribution in [0, 0.1) is 11.8 Å². The Labute approximate surface area is 144 Å². The summed E-state index contributed by atoms with van der Waals surface area (Å²) in [6.07, 6.45) is 4.23. The SMILES string of the molecule is OC(CCC#Cc1ccc(-c2ccccc2)cc1)C1CCCCO1. The van der Waals surface area contributed by atoms with Gasteiger partial charge in [-0.2, -0.15) is 0 Å². The first-order chi connectivity index (χ1) is 11.8. The van der Waals surface area contributed by atoms with Gasteiger partial charge in [0.25, 0.3) is 0 Å². The van der Waals surface area contributed by atoms with E-state index in [0.717, 1.165) is 31.4 Å². The molecular weight excluding hydrogens is 296 g/mol. The van der Waals surface area contributed by atoms with Crippen LogP contribution < -0.4 is 0 Å². The minimum atomic E-state index is -0.389. The second kappa shape index (κ2) is 8.68. The van der Waals surface area contributed by atoms with E-state index in [4.69, 9.17) is 4.74 Å². The summed E-state index contributed by atoms with van der Waals surface area (Å²) in [5, 5.41) is 10.1. The third-order valence-corrected chi connectivity index (χ3v) is 4.43. The lowest BCUT2D eigenvalue weighted by atomic mass is 10.0. The zero-order valence-corrected chi connectivity index (χ0v) is 13.9. The molecule has 1 aliphatic heterocycles. The lowest BCUT2D eigenvalue weighted by molar-refractivity contribution is -0.0636. The number of aliphatic hydroxyl groups is 1. The molecule has 2 nitrogen and oxygen atoms in total. The number of rotatable bonds is 4. The molecule has 0 bridgehead atoms. The summed E-state index contributed by atoms with van der Waals surface area (Å²) in [5.74, 6) is 6.35. The van der Waals surface area contributed by atoms with Crippen molar-refractivity contribution in [3.63, 3.8) is 0 Å². The van der Waals surface area contributed by atoms with Crippen molar-refractivity contribution in [3.05, 3.63) is 60.2 Å². The van der Waals surface area contributed by atoms with Crippen LogP contribution >= 0.6 is 0 Å². The molecule has 0 aliphatic carbocycles. The Bertz CT molecular complexity index is 673. The predicted molar refractivity (Wildman–Crippen MR) is 97.6 cm³/mol. The van der Waals surface area contributed by atoms with Gasteiger partial charge in [-0.25, -0.2) is 0 Å². The molecule has 2 unspecified atom stereocenters. The van der Waals surface area contributed by atoms with Crippen molar-refractivity contribution in [2.24, 2.45) is 0 Å². The van der Waals surface area contributed by atoms with Crippen molar-refractivity contribution in [3.8, 4) is 23.0 Å². The normalized spacial score (nSPS) is 18.5. The fourth-order valence-electron chi connectivity index (χ4n) is 3.02. The van der Waals surface area contributed by atoms with Crippen LogP contribution in [-0.2, 0) is 4.74 Å². The summed E-state index contributed by atoms with van der Waals surface area (Å²) in [7, 11) is 0. The second-order valence-corrected chi connectivity index (χ2v) is 6.26. The van der Waals surface area contributed by atoms with Crippen molar-refractivity contribution in [1.82, 2.24) is 0 Å². The zero-order valence-electron chi connectivity index (χ0n) is 13.9. The maximum atomic E-state index is 10.1. The average molecular weight is 320 g/mol. The van der Waals surface area contributed by atoms with Crippen molar-refractivity contribution >= 4 is 0 Å². The fourth-order valence-corrected chi connectivity index (χ4v) is 3.02. The molecule has 24 heavy (non-hydrogen) atoms. The van der Waals surface area contributed by atoms with Gasteiger partial charge in [0.05, 0.1) is 12.2 Å². The Morgan fingerprint density at radius 3 is 2.46 bits per heavy atom. The third kappa shape index (κ3) is 4.71. The van der Waals surface area contributed by atoms with E-state index in [1.807, 2.05) is 18.2 Å². The molecule has 2 atom stereocenters. The van der Waals surface area contributed by atoms with Gasteiger partial charge in [-0.05, 0) is 48.9 Å². The minimum Gasteiger partial charge on any atom is -0.390 e. The topological polar surface area (TPSA) is 29.5 Å². The highest BCUT2D eigenvalue weighted by molar-refractivity contribution is 5.64. The van der Waals surface area contributed by atoms with E-state index in [0.29, 0.717) is 12.8 Å². The summed E-state index contributed by atoms with van der Waals surface area (Å²) in [6.45, 7) is 0.779. The summed E-state index contributed by atoms with van der Waals surface area (Å²) >= 11 is 0. The number of benzene rings is 2. The van der Waals surface area contributed by atoms with Crippen LogP contribution in [0.5, 0.6) is 0 Å². The van der Waals surface area contributed by atoms with Crippen LogP contribution in [0.3, 0.4) is 0 Å². The Morgan fingerprint density at radius 1 is 1.00 bits per heavy atom. The molecule has 1 N–H and O–H groups in total. The molecule has 1 fully saturated rings. The molecule has 0 aromatic heterocycles. The molecule has 2 aromatic carbocycles. The Hall–Kier alpha value is -2.08. The van der Waals surface area contributed by atoms with Gasteiger partial charge in [-0.3, -0.25) is 0 Å². The average Bonchev–Trinajstić information content (AvgIpc) is 2.67. The van der Waals surface area contributed by atoms with E-state index < -0.39 is 0 Å². The van der Waals surface area contributed by atoms with Gasteiger partial charge >= 0.3 is 0 Å². The number of hydrogen-bond donors (Lipinski definition) is 1. The fraction of sp³-hybridized carbons (Fsp3) is 0.364. The molecular formula is C22H24O2. The van der Waals surface area contributed by atoms with Crippen molar-refractivity contribution in [2.45, 2.75) is 44.3 Å². The van der Waals surface area contributed by atoms with Crippen LogP contribution in [0.4, 0.5) is 0 Å². The van der Waals surface area contributed by atoms with Gasteiger partial charge in [0.2, 0.25) is 0 Å². The largest absolute Gasteiger partial charge is 0.390 e. The number of ether oxygens (including phenoxy) is 1. The highest BCUT2D eigenvalue weighted by Gasteiger charge is 2.21. The lowest BCUT2D eigenvalue weighted by Gasteiger charge is -2.26. The summed E-state index contributed by atoms with van der Waals surface area (Å²) in [4.78, 5) is 0. The number of hydrogen-bond acceptors (Lipinski definition) is 2. The van der Waals surface area contributed by atoms with Crippen LogP contribution in [0.1, 0.15) is 37.7 Å². The molecule has 2 aromatic rings. The first-order valence-electron chi connectivity index (χ1n) is 8.77. The van der Waals surface area contributed by atoms with E-state index in [9.17, 15) is 5.11 Å². The Morgan fingerprint density at radius 2 is 1.75 bits per heavy atom. The van der Waals surface area contributed by atoms with E-state index in [1.165, 1.54) is 11.1 Å². The molecule has 2 heteroatoms. The first-order valence-corrected chi connectivity index (χ1v) is 8.77. The second-order valence-electron chi connectivity index (χ2n) is 6.26. The maximum Gasteiger partial charge on any atom is 0.0834 e. The Balaban J connectivity index is 1.50. The highest BCUT2D eigenvalue weighted by Crippen LogP contribution is 2.19. The molecule has 0 spiro atoms. The molecule has 0 radical (unpaired) electrons. The first kappa shape index (κ1) is 16.8. The third-order valence-electron chi connectivity index (χ3n) is 4.43. The molecule has 3 rings (SSSR count). The van der Waals surface area contributed by atoms with Crippen molar-refractivity contribution in [1.29, 1.82) is 0 Å². The molecule has 124 valence electrons. The predicted octanol–water partition coefficient (Wildman–Crippen LogP) is 4.42. The van der Waals surface area contributed by atoms with Crippen molar-refractivity contribution in [2.75, 3.05) is 6.61 Å². The smallest absolute Gasteiger partial charge is 0.0834 e. The van der Waals surface area contributed by atoms with Gasteiger partial charge < -0.3 is 9.84 Å².